The molecule has 50 heavy (non-hydrogen) atoms. The van der Waals surface area contributed by atoms with E-state index in [9.17, 15) is 29.4 Å². The number of amides is 2. The van der Waals surface area contributed by atoms with Crippen LogP contribution in [0.1, 0.15) is 50.3 Å². The number of rotatable bonds is 16. The van der Waals surface area contributed by atoms with Crippen molar-refractivity contribution in [2.45, 2.75) is 39.1 Å². The predicted octanol–water partition coefficient (Wildman–Crippen LogP) is 6.67. The van der Waals surface area contributed by atoms with Crippen LogP contribution in [0.25, 0.3) is 0 Å². The van der Waals surface area contributed by atoms with Gasteiger partial charge >= 0.3 is 11.9 Å². The van der Waals surface area contributed by atoms with E-state index in [-0.39, 0.29) is 13.1 Å². The van der Waals surface area contributed by atoms with Crippen LogP contribution in [-0.2, 0) is 19.2 Å². The van der Waals surface area contributed by atoms with Crippen molar-refractivity contribution in [3.05, 3.63) is 132 Å². The Bertz CT molecular complexity index is 1590. The highest BCUT2D eigenvalue weighted by molar-refractivity contribution is 6.00. The van der Waals surface area contributed by atoms with Crippen LogP contribution in [-0.4, -0.2) is 56.9 Å². The van der Waals surface area contributed by atoms with E-state index >= 15 is 0 Å². The summed E-state index contributed by atoms with van der Waals surface area (Å²) in [7, 11) is 0. The summed E-state index contributed by atoms with van der Waals surface area (Å²) >= 11 is 0. The number of ether oxygens (including phenoxy) is 2. The van der Waals surface area contributed by atoms with Crippen molar-refractivity contribution in [2.75, 3.05) is 13.1 Å². The molecule has 4 aromatic rings. The number of benzene rings is 4. The Balaban J connectivity index is 1.58. The lowest BCUT2D eigenvalue weighted by atomic mass is 9.55. The summed E-state index contributed by atoms with van der Waals surface area (Å²) in [5.41, 5.74) is 1.27. The monoisotopic (exact) mass is 678 g/mol. The molecule has 4 aromatic carbocycles. The molecule has 0 saturated heterocycles. The van der Waals surface area contributed by atoms with Crippen molar-refractivity contribution in [3.8, 4) is 11.5 Å². The molecule has 6 atom stereocenters. The number of para-hydroxylation sites is 2. The summed E-state index contributed by atoms with van der Waals surface area (Å²) in [5.74, 6) is -9.55. The van der Waals surface area contributed by atoms with Gasteiger partial charge < -0.3 is 29.5 Å². The molecular weight excluding hydrogens is 636 g/mol. The second kappa shape index (κ2) is 16.6. The smallest absolute Gasteiger partial charge is 0.308 e. The minimum atomic E-state index is -1.64. The molecule has 0 spiro atoms. The zero-order valence-electron chi connectivity index (χ0n) is 28.1. The minimum absolute atomic E-state index is 0.162. The number of hydrogen-bond acceptors (Lipinski definition) is 6. The highest BCUT2D eigenvalue weighted by atomic mass is 16.5. The van der Waals surface area contributed by atoms with E-state index < -0.39 is 59.9 Å². The summed E-state index contributed by atoms with van der Waals surface area (Å²) in [6, 6.07) is 35.9. The molecule has 1 aliphatic rings. The number of aliphatic carboxylic acids is 2. The lowest BCUT2D eigenvalue weighted by molar-refractivity contribution is -0.192. The van der Waals surface area contributed by atoms with E-state index in [1.165, 1.54) is 9.80 Å². The highest BCUT2D eigenvalue weighted by Gasteiger charge is 2.65. The molecule has 5 rings (SSSR count). The summed E-state index contributed by atoms with van der Waals surface area (Å²) < 4.78 is 12.8. The van der Waals surface area contributed by atoms with Gasteiger partial charge in [-0.2, -0.15) is 0 Å². The third-order valence-electron chi connectivity index (χ3n) is 8.90. The molecule has 0 radical (unpaired) electrons. The maximum atomic E-state index is 14.8. The van der Waals surface area contributed by atoms with Crippen molar-refractivity contribution in [1.82, 2.24) is 9.80 Å². The van der Waals surface area contributed by atoms with Crippen LogP contribution in [0.15, 0.2) is 121 Å². The average molecular weight is 679 g/mol. The third kappa shape index (κ3) is 7.80. The molecule has 0 aromatic heterocycles. The second-order valence-electron chi connectivity index (χ2n) is 12.2. The first-order valence-corrected chi connectivity index (χ1v) is 16.9. The first-order valence-electron chi connectivity index (χ1n) is 16.9. The van der Waals surface area contributed by atoms with Crippen LogP contribution in [0.5, 0.6) is 11.5 Å². The molecular formula is C40H42N2O8. The van der Waals surface area contributed by atoms with E-state index in [2.05, 4.69) is 0 Å². The Hall–Kier alpha value is -5.64. The molecule has 0 bridgehead atoms. The van der Waals surface area contributed by atoms with E-state index in [0.717, 1.165) is 0 Å². The van der Waals surface area contributed by atoms with Crippen molar-refractivity contribution < 1.29 is 38.9 Å². The van der Waals surface area contributed by atoms with Gasteiger partial charge in [-0.25, -0.2) is 0 Å². The molecule has 2 amide bonds. The predicted molar refractivity (Wildman–Crippen MR) is 186 cm³/mol. The number of nitrogens with zero attached hydrogens (tertiary/aromatic N) is 2. The van der Waals surface area contributed by atoms with Crippen molar-refractivity contribution >= 4 is 23.8 Å². The Morgan fingerprint density at radius 2 is 0.820 bits per heavy atom. The van der Waals surface area contributed by atoms with Crippen molar-refractivity contribution in [1.29, 1.82) is 0 Å². The Morgan fingerprint density at radius 1 is 0.520 bits per heavy atom. The molecule has 260 valence electrons. The van der Waals surface area contributed by atoms with Gasteiger partial charge in [0.2, 0.25) is 24.3 Å². The first-order chi connectivity index (χ1) is 24.3. The molecule has 2 N–H and O–H groups in total. The number of carbonyl (C=O) groups is 4. The first kappa shape index (κ1) is 35.7. The van der Waals surface area contributed by atoms with Crippen LogP contribution in [0.4, 0.5) is 0 Å². The van der Waals surface area contributed by atoms with Crippen molar-refractivity contribution in [3.63, 3.8) is 0 Å². The Morgan fingerprint density at radius 3 is 1.10 bits per heavy atom. The van der Waals surface area contributed by atoms with Gasteiger partial charge in [0, 0.05) is 24.2 Å². The molecule has 10 nitrogen and oxygen atoms in total. The van der Waals surface area contributed by atoms with Gasteiger partial charge in [0.1, 0.15) is 11.5 Å². The molecule has 1 fully saturated rings. The van der Waals surface area contributed by atoms with Gasteiger partial charge in [0.25, 0.3) is 0 Å². The molecule has 1 saturated carbocycles. The topological polar surface area (TPSA) is 134 Å². The van der Waals surface area contributed by atoms with Gasteiger partial charge in [-0.15, -0.1) is 0 Å². The molecule has 0 aliphatic heterocycles. The fourth-order valence-corrected chi connectivity index (χ4v) is 6.64. The lowest BCUT2D eigenvalue weighted by Crippen LogP contribution is -2.65. The third-order valence-corrected chi connectivity index (χ3v) is 8.90. The summed E-state index contributed by atoms with van der Waals surface area (Å²) in [4.78, 5) is 58.0. The van der Waals surface area contributed by atoms with Crippen molar-refractivity contribution in [2.24, 2.45) is 23.7 Å². The van der Waals surface area contributed by atoms with E-state index in [1.54, 1.807) is 97.1 Å². The van der Waals surface area contributed by atoms with Gasteiger partial charge in [0.05, 0.1) is 23.7 Å². The molecule has 1 aliphatic carbocycles. The zero-order valence-corrected chi connectivity index (χ0v) is 28.1. The average Bonchev–Trinajstić information content (AvgIpc) is 3.12. The van der Waals surface area contributed by atoms with Crippen LogP contribution in [0, 0.1) is 23.7 Å². The number of carboxylic acid groups (broad SMARTS) is 2. The SMILES string of the molecule is CCCN(C(=O)[C@@H]1[C@H](C(=O)O)[C@H](C(=O)O)[C@@H]1C(=O)N(CCC)C(Oc1ccccc1)c1ccccc1)C(Oc1ccccc1)c1ccccc1. The Kier molecular flexibility index (Phi) is 11.9. The maximum Gasteiger partial charge on any atom is 0.308 e. The number of carbonyl (C=O) groups excluding carboxylic acids is 2. The van der Waals surface area contributed by atoms with Gasteiger partial charge in [-0.3, -0.25) is 19.2 Å². The minimum Gasteiger partial charge on any atom is -0.481 e. The normalized spacial score (nSPS) is 19.2. The summed E-state index contributed by atoms with van der Waals surface area (Å²) in [6.45, 7) is 4.07. The van der Waals surface area contributed by atoms with E-state index in [0.29, 0.717) is 35.5 Å². The van der Waals surface area contributed by atoms with E-state index in [1.807, 2.05) is 38.1 Å². The van der Waals surface area contributed by atoms with Crippen LogP contribution >= 0.6 is 0 Å². The van der Waals surface area contributed by atoms with E-state index in [4.69, 9.17) is 9.47 Å². The van der Waals surface area contributed by atoms with Gasteiger partial charge in [0.15, 0.2) is 0 Å². The van der Waals surface area contributed by atoms with Gasteiger partial charge in [-0.05, 0) is 37.1 Å². The van der Waals surface area contributed by atoms with Crippen LogP contribution in [0.2, 0.25) is 0 Å². The fourth-order valence-electron chi connectivity index (χ4n) is 6.64. The zero-order chi connectivity index (χ0) is 35.6. The van der Waals surface area contributed by atoms with Gasteiger partial charge in [-0.1, -0.05) is 111 Å². The quantitative estimate of drug-likeness (QED) is 0.126. The number of carboxylic acids is 2. The largest absolute Gasteiger partial charge is 0.481 e. The van der Waals surface area contributed by atoms with Crippen LogP contribution in [0.3, 0.4) is 0 Å². The number of hydrogen-bond donors (Lipinski definition) is 2. The fraction of sp³-hybridized carbons (Fsp3) is 0.300. The standard InChI is InChI=1S/C40H42N2O8/c1-3-25-41(37(27-17-9-5-10-18-27)49-29-21-13-7-14-22-29)35(43)31-32(34(40(47)48)33(31)39(45)46)36(44)42(26-4-2)38(28-19-11-6-12-20-28)50-30-23-15-8-16-24-30/h5-24,31-34,37-38H,3-4,25-26H2,1-2H3,(H,45,46)(H,47,48)/t31-,32+,33-,34+,37?,38?. The lowest BCUT2D eigenvalue weighted by Gasteiger charge is -2.49. The van der Waals surface area contributed by atoms with Crippen LogP contribution < -0.4 is 9.47 Å². The molecule has 0 heterocycles. The molecule has 2 unspecified atom stereocenters. The molecule has 10 heteroatoms. The maximum absolute atomic E-state index is 14.8. The summed E-state index contributed by atoms with van der Waals surface area (Å²) in [6.07, 6.45) is -0.987. The Labute approximate surface area is 291 Å². The second-order valence-corrected chi connectivity index (χ2v) is 12.2. The summed E-state index contributed by atoms with van der Waals surface area (Å²) in [5, 5.41) is 20.8. The highest BCUT2D eigenvalue weighted by Crippen LogP contribution is 2.50.